The fourth-order valence-corrected chi connectivity index (χ4v) is 2.95. The summed E-state index contributed by atoms with van der Waals surface area (Å²) in [4.78, 5) is 19.1. The number of hydrogen-bond donors (Lipinski definition) is 1. The maximum atomic E-state index is 11.3. The molecule has 0 radical (unpaired) electrons. The molecule has 4 aromatic rings. The molecule has 0 saturated carbocycles. The van der Waals surface area contributed by atoms with Crippen LogP contribution in [0.15, 0.2) is 70.1 Å². The number of fused-ring (bicyclic) bond motifs is 1. The van der Waals surface area contributed by atoms with Gasteiger partial charge in [0.05, 0.1) is 24.3 Å². The largest absolute Gasteiger partial charge is 0.496 e. The van der Waals surface area contributed by atoms with Crippen molar-refractivity contribution in [3.05, 3.63) is 76.5 Å². The highest BCUT2D eigenvalue weighted by Crippen LogP contribution is 2.33. The first-order valence-corrected chi connectivity index (χ1v) is 8.61. The Labute approximate surface area is 164 Å². The van der Waals surface area contributed by atoms with E-state index in [1.165, 1.54) is 25.5 Å². The van der Waals surface area contributed by atoms with E-state index in [-0.39, 0.29) is 23.0 Å². The standard InChI is InChI=1S/C21H15N3O5/c1-28-14-9-10-17(19(11-14)24(26)27)22-12-18-21(25)29-20(23-18)16-8-4-6-13-5-2-3-7-15(13)16/h2-12,25H,1H3. The molecule has 0 aliphatic heterocycles. The highest BCUT2D eigenvalue weighted by atomic mass is 16.6. The van der Waals surface area contributed by atoms with Crippen LogP contribution in [0, 0.1) is 10.1 Å². The quantitative estimate of drug-likeness (QED) is 0.296. The molecule has 0 spiro atoms. The molecule has 0 amide bonds. The number of aromatic hydroxyl groups is 1. The zero-order valence-corrected chi connectivity index (χ0v) is 15.3. The van der Waals surface area contributed by atoms with Gasteiger partial charge in [0.2, 0.25) is 5.89 Å². The first kappa shape index (κ1) is 18.2. The minimum Gasteiger partial charge on any atom is -0.496 e. The van der Waals surface area contributed by atoms with Crippen molar-refractivity contribution in [3.8, 4) is 23.1 Å². The minimum atomic E-state index is -0.556. The monoisotopic (exact) mass is 389 g/mol. The fourth-order valence-electron chi connectivity index (χ4n) is 2.95. The van der Waals surface area contributed by atoms with Crippen molar-refractivity contribution in [1.82, 2.24) is 4.98 Å². The summed E-state index contributed by atoms with van der Waals surface area (Å²) in [7, 11) is 1.42. The molecule has 1 N–H and O–H groups in total. The Hall–Kier alpha value is -4.20. The van der Waals surface area contributed by atoms with Crippen molar-refractivity contribution in [2.75, 3.05) is 7.11 Å². The van der Waals surface area contributed by atoms with Crippen LogP contribution in [0.3, 0.4) is 0 Å². The van der Waals surface area contributed by atoms with Crippen LogP contribution in [0.4, 0.5) is 11.4 Å². The molecular formula is C21H15N3O5. The van der Waals surface area contributed by atoms with Crippen molar-refractivity contribution in [2.45, 2.75) is 0 Å². The summed E-state index contributed by atoms with van der Waals surface area (Å²) in [5, 5.41) is 23.3. The molecule has 0 unspecified atom stereocenters. The average Bonchev–Trinajstić information content (AvgIpc) is 3.12. The van der Waals surface area contributed by atoms with Crippen LogP contribution in [-0.2, 0) is 0 Å². The van der Waals surface area contributed by atoms with Crippen molar-refractivity contribution >= 4 is 28.4 Å². The molecule has 8 nitrogen and oxygen atoms in total. The molecule has 1 heterocycles. The highest BCUT2D eigenvalue weighted by molar-refractivity contribution is 5.95. The van der Waals surface area contributed by atoms with Gasteiger partial charge < -0.3 is 14.3 Å². The molecule has 8 heteroatoms. The summed E-state index contributed by atoms with van der Waals surface area (Å²) in [5.41, 5.74) is 0.661. The zero-order chi connectivity index (χ0) is 20.4. The van der Waals surface area contributed by atoms with Gasteiger partial charge in [0, 0.05) is 5.56 Å². The summed E-state index contributed by atoms with van der Waals surface area (Å²) < 4.78 is 10.4. The van der Waals surface area contributed by atoms with E-state index >= 15 is 0 Å². The van der Waals surface area contributed by atoms with E-state index in [0.29, 0.717) is 11.3 Å². The van der Waals surface area contributed by atoms with Gasteiger partial charge in [-0.25, -0.2) is 9.98 Å². The van der Waals surface area contributed by atoms with Crippen LogP contribution in [0.25, 0.3) is 22.2 Å². The normalized spacial score (nSPS) is 11.2. The number of oxazole rings is 1. The van der Waals surface area contributed by atoms with Gasteiger partial charge in [-0.1, -0.05) is 36.4 Å². The maximum absolute atomic E-state index is 11.3. The first-order chi connectivity index (χ1) is 14.1. The van der Waals surface area contributed by atoms with Gasteiger partial charge in [-0.15, -0.1) is 0 Å². The van der Waals surface area contributed by atoms with Gasteiger partial charge in [-0.2, -0.15) is 0 Å². The molecule has 0 aliphatic rings. The third kappa shape index (κ3) is 3.51. The number of methoxy groups -OCH3 is 1. The molecule has 0 atom stereocenters. The van der Waals surface area contributed by atoms with E-state index in [9.17, 15) is 15.2 Å². The van der Waals surface area contributed by atoms with E-state index in [0.717, 1.165) is 10.8 Å². The lowest BCUT2D eigenvalue weighted by Crippen LogP contribution is -1.91. The third-order valence-corrected chi connectivity index (χ3v) is 4.36. The second-order valence-electron chi connectivity index (χ2n) is 6.11. The fraction of sp³-hybridized carbons (Fsp3) is 0.0476. The molecule has 3 aromatic carbocycles. The lowest BCUT2D eigenvalue weighted by Gasteiger charge is -2.01. The van der Waals surface area contributed by atoms with Gasteiger partial charge in [-0.05, 0) is 29.0 Å². The number of nitrogens with zero attached hydrogens (tertiary/aromatic N) is 3. The smallest absolute Gasteiger partial charge is 0.312 e. The number of aliphatic imine (C=N–C) groups is 1. The summed E-state index contributed by atoms with van der Waals surface area (Å²) in [6, 6.07) is 17.7. The van der Waals surface area contributed by atoms with Crippen LogP contribution >= 0.6 is 0 Å². The molecular weight excluding hydrogens is 374 g/mol. The highest BCUT2D eigenvalue weighted by Gasteiger charge is 2.17. The number of ether oxygens (including phenoxy) is 1. The van der Waals surface area contributed by atoms with Crippen molar-refractivity contribution in [2.24, 2.45) is 4.99 Å². The van der Waals surface area contributed by atoms with E-state index in [1.807, 2.05) is 42.5 Å². The summed E-state index contributed by atoms with van der Waals surface area (Å²) in [5.74, 6) is 0.149. The average molecular weight is 389 g/mol. The van der Waals surface area contributed by atoms with Gasteiger partial charge in [0.1, 0.15) is 11.4 Å². The van der Waals surface area contributed by atoms with Crippen LogP contribution < -0.4 is 4.74 Å². The molecule has 144 valence electrons. The maximum Gasteiger partial charge on any atom is 0.312 e. The Kier molecular flexibility index (Phi) is 4.66. The van der Waals surface area contributed by atoms with E-state index in [2.05, 4.69) is 9.98 Å². The summed E-state index contributed by atoms with van der Waals surface area (Å²) in [6.07, 6.45) is 1.22. The van der Waals surface area contributed by atoms with Gasteiger partial charge in [0.25, 0.3) is 5.69 Å². The van der Waals surface area contributed by atoms with E-state index < -0.39 is 10.9 Å². The molecule has 1 aromatic heterocycles. The van der Waals surface area contributed by atoms with Crippen molar-refractivity contribution in [1.29, 1.82) is 0 Å². The lowest BCUT2D eigenvalue weighted by molar-refractivity contribution is -0.384. The Morgan fingerprint density at radius 3 is 2.76 bits per heavy atom. The molecule has 4 rings (SSSR count). The molecule has 0 saturated heterocycles. The predicted molar refractivity (Wildman–Crippen MR) is 108 cm³/mol. The number of nitro benzene ring substituents is 1. The zero-order valence-electron chi connectivity index (χ0n) is 15.3. The predicted octanol–water partition coefficient (Wildman–Crippen LogP) is 4.87. The Balaban J connectivity index is 1.72. The van der Waals surface area contributed by atoms with Gasteiger partial charge >= 0.3 is 5.95 Å². The number of nitro groups is 1. The van der Waals surface area contributed by atoms with Crippen LogP contribution in [0.5, 0.6) is 11.7 Å². The first-order valence-electron chi connectivity index (χ1n) is 8.61. The SMILES string of the molecule is COc1ccc(N=Cc2nc(-c3cccc4ccccc34)oc2O)c([N+](=O)[O-])c1. The third-order valence-electron chi connectivity index (χ3n) is 4.36. The van der Waals surface area contributed by atoms with Gasteiger partial charge in [0.15, 0.2) is 5.69 Å². The molecule has 29 heavy (non-hydrogen) atoms. The number of benzene rings is 3. The van der Waals surface area contributed by atoms with Crippen molar-refractivity contribution in [3.63, 3.8) is 0 Å². The number of rotatable bonds is 5. The van der Waals surface area contributed by atoms with E-state index in [4.69, 9.17) is 9.15 Å². The second-order valence-corrected chi connectivity index (χ2v) is 6.11. The molecule has 0 bridgehead atoms. The minimum absolute atomic E-state index is 0.0676. The Morgan fingerprint density at radius 1 is 1.17 bits per heavy atom. The number of aromatic nitrogens is 1. The van der Waals surface area contributed by atoms with E-state index in [1.54, 1.807) is 6.07 Å². The summed E-state index contributed by atoms with van der Waals surface area (Å²) in [6.45, 7) is 0. The van der Waals surface area contributed by atoms with Crippen LogP contribution in [0.2, 0.25) is 0 Å². The Bertz CT molecular complexity index is 1240. The topological polar surface area (TPSA) is 111 Å². The van der Waals surface area contributed by atoms with Crippen LogP contribution in [0.1, 0.15) is 5.69 Å². The van der Waals surface area contributed by atoms with Crippen LogP contribution in [-0.4, -0.2) is 28.3 Å². The second kappa shape index (κ2) is 7.43. The van der Waals surface area contributed by atoms with Gasteiger partial charge in [-0.3, -0.25) is 10.1 Å². The number of hydrogen-bond acceptors (Lipinski definition) is 7. The molecule has 0 fully saturated rings. The Morgan fingerprint density at radius 2 is 1.97 bits per heavy atom. The van der Waals surface area contributed by atoms with Crippen molar-refractivity contribution < 1.29 is 19.2 Å². The lowest BCUT2D eigenvalue weighted by atomic mass is 10.0. The molecule has 0 aliphatic carbocycles. The summed E-state index contributed by atoms with van der Waals surface area (Å²) >= 11 is 0.